The van der Waals surface area contributed by atoms with Crippen LogP contribution in [-0.4, -0.2) is 52.1 Å². The first-order valence-electron chi connectivity index (χ1n) is 8.36. The summed E-state index contributed by atoms with van der Waals surface area (Å²) in [6.07, 6.45) is 6.29. The fourth-order valence-electron chi connectivity index (χ4n) is 3.14. The molecule has 0 aliphatic carbocycles. The molecule has 124 valence electrons. The molecule has 2 aromatic rings. The molecule has 6 heteroatoms. The van der Waals surface area contributed by atoms with Gasteiger partial charge in [-0.15, -0.1) is 0 Å². The first-order chi connectivity index (χ1) is 11.3. The minimum atomic E-state index is 0.278. The van der Waals surface area contributed by atoms with Gasteiger partial charge in [-0.05, 0) is 31.4 Å². The number of rotatable bonds is 7. The number of hydrogen-bond acceptors (Lipinski definition) is 4. The highest BCUT2D eigenvalue weighted by Gasteiger charge is 2.18. The van der Waals surface area contributed by atoms with E-state index in [1.807, 2.05) is 17.0 Å². The average molecular weight is 316 g/mol. The summed E-state index contributed by atoms with van der Waals surface area (Å²) < 4.78 is 7.30. The Morgan fingerprint density at radius 3 is 2.96 bits per heavy atom. The zero-order valence-corrected chi connectivity index (χ0v) is 13.7. The van der Waals surface area contributed by atoms with Gasteiger partial charge in [-0.3, -0.25) is 4.79 Å². The lowest BCUT2D eigenvalue weighted by atomic mass is 10.2. The molecule has 3 heterocycles. The maximum atomic E-state index is 12.1. The highest BCUT2D eigenvalue weighted by atomic mass is 16.5. The van der Waals surface area contributed by atoms with Crippen LogP contribution in [0.4, 0.5) is 0 Å². The highest BCUT2D eigenvalue weighted by Crippen LogP contribution is 2.16. The van der Waals surface area contributed by atoms with Gasteiger partial charge in [-0.25, -0.2) is 9.97 Å². The molecule has 0 radical (unpaired) electrons. The van der Waals surface area contributed by atoms with Crippen molar-refractivity contribution >= 4 is 17.1 Å². The van der Waals surface area contributed by atoms with Crippen molar-refractivity contribution in [2.45, 2.75) is 38.6 Å². The Bertz CT molecular complexity index is 662. The molecule has 0 unspecified atom stereocenters. The maximum Gasteiger partial charge on any atom is 0.222 e. The maximum absolute atomic E-state index is 12.1. The third-order valence-electron chi connectivity index (χ3n) is 4.35. The van der Waals surface area contributed by atoms with Gasteiger partial charge in [0, 0.05) is 45.8 Å². The van der Waals surface area contributed by atoms with E-state index in [4.69, 9.17) is 4.74 Å². The SMILES string of the molecule is COCCn1c(CCCC(=O)N2CCCC2)nc2cccnc21. The van der Waals surface area contributed by atoms with Gasteiger partial charge in [-0.2, -0.15) is 0 Å². The first kappa shape index (κ1) is 15.9. The molecule has 0 aromatic carbocycles. The minimum Gasteiger partial charge on any atom is -0.383 e. The molecule has 1 amide bonds. The Labute approximate surface area is 136 Å². The lowest BCUT2D eigenvalue weighted by Crippen LogP contribution is -2.27. The second kappa shape index (κ2) is 7.55. The zero-order chi connectivity index (χ0) is 16.1. The number of aryl methyl sites for hydroxylation is 1. The van der Waals surface area contributed by atoms with Gasteiger partial charge in [0.1, 0.15) is 11.3 Å². The van der Waals surface area contributed by atoms with Crippen molar-refractivity contribution in [1.29, 1.82) is 0 Å². The molecule has 0 bridgehead atoms. The minimum absolute atomic E-state index is 0.278. The highest BCUT2D eigenvalue weighted by molar-refractivity contribution is 5.76. The molecule has 2 aromatic heterocycles. The number of methoxy groups -OCH3 is 1. The van der Waals surface area contributed by atoms with E-state index in [0.717, 1.165) is 62.3 Å². The summed E-state index contributed by atoms with van der Waals surface area (Å²) in [6.45, 7) is 3.21. The summed E-state index contributed by atoms with van der Waals surface area (Å²) in [4.78, 5) is 23.2. The number of aromatic nitrogens is 3. The monoisotopic (exact) mass is 316 g/mol. The van der Waals surface area contributed by atoms with E-state index in [1.165, 1.54) is 0 Å². The van der Waals surface area contributed by atoms with Crippen LogP contribution in [-0.2, 0) is 22.5 Å². The van der Waals surface area contributed by atoms with Crippen LogP contribution >= 0.6 is 0 Å². The van der Waals surface area contributed by atoms with E-state index in [1.54, 1.807) is 13.3 Å². The number of ether oxygens (including phenoxy) is 1. The van der Waals surface area contributed by atoms with Crippen molar-refractivity contribution < 1.29 is 9.53 Å². The van der Waals surface area contributed by atoms with Crippen LogP contribution in [0, 0.1) is 0 Å². The summed E-state index contributed by atoms with van der Waals surface area (Å²) in [6, 6.07) is 3.88. The summed E-state index contributed by atoms with van der Waals surface area (Å²) in [5, 5.41) is 0. The molecular weight excluding hydrogens is 292 g/mol. The Morgan fingerprint density at radius 2 is 2.17 bits per heavy atom. The third-order valence-corrected chi connectivity index (χ3v) is 4.35. The molecule has 3 rings (SSSR count). The van der Waals surface area contributed by atoms with Crippen molar-refractivity contribution in [1.82, 2.24) is 19.4 Å². The number of pyridine rings is 1. The Kier molecular flexibility index (Phi) is 5.23. The lowest BCUT2D eigenvalue weighted by molar-refractivity contribution is -0.130. The van der Waals surface area contributed by atoms with Crippen LogP contribution < -0.4 is 0 Å². The second-order valence-electron chi connectivity index (χ2n) is 5.96. The Morgan fingerprint density at radius 1 is 1.35 bits per heavy atom. The predicted molar refractivity (Wildman–Crippen MR) is 88.2 cm³/mol. The van der Waals surface area contributed by atoms with E-state index in [2.05, 4.69) is 14.5 Å². The standard InChI is InChI=1S/C17H24N4O2/c1-23-13-12-21-15(19-14-6-5-9-18-17(14)21)7-4-8-16(22)20-10-2-3-11-20/h5-6,9H,2-4,7-8,10-13H2,1H3. The summed E-state index contributed by atoms with van der Waals surface area (Å²) in [7, 11) is 1.70. The van der Waals surface area contributed by atoms with E-state index in [0.29, 0.717) is 13.0 Å². The quantitative estimate of drug-likeness (QED) is 0.784. The fourth-order valence-corrected chi connectivity index (χ4v) is 3.14. The van der Waals surface area contributed by atoms with Gasteiger partial charge >= 0.3 is 0 Å². The number of likely N-dealkylation sites (tertiary alicyclic amines) is 1. The number of carbonyl (C=O) groups excluding carboxylic acids is 1. The number of fused-ring (bicyclic) bond motifs is 1. The number of nitrogens with zero attached hydrogens (tertiary/aromatic N) is 4. The number of hydrogen-bond donors (Lipinski definition) is 0. The van der Waals surface area contributed by atoms with E-state index >= 15 is 0 Å². The molecule has 1 fully saturated rings. The lowest BCUT2D eigenvalue weighted by Gasteiger charge is -2.15. The van der Waals surface area contributed by atoms with E-state index < -0.39 is 0 Å². The van der Waals surface area contributed by atoms with Crippen molar-refractivity contribution in [3.63, 3.8) is 0 Å². The fraction of sp³-hybridized carbons (Fsp3) is 0.588. The zero-order valence-electron chi connectivity index (χ0n) is 13.7. The molecule has 0 N–H and O–H groups in total. The summed E-state index contributed by atoms with van der Waals surface area (Å²) in [5.74, 6) is 1.27. The van der Waals surface area contributed by atoms with Crippen molar-refractivity contribution in [3.05, 3.63) is 24.2 Å². The van der Waals surface area contributed by atoms with Crippen LogP contribution in [0.2, 0.25) is 0 Å². The van der Waals surface area contributed by atoms with Crippen LogP contribution in [0.3, 0.4) is 0 Å². The molecular formula is C17H24N4O2. The van der Waals surface area contributed by atoms with Gasteiger partial charge in [0.25, 0.3) is 0 Å². The van der Waals surface area contributed by atoms with Crippen LogP contribution in [0.15, 0.2) is 18.3 Å². The van der Waals surface area contributed by atoms with Crippen molar-refractivity contribution in [2.24, 2.45) is 0 Å². The average Bonchev–Trinajstić information content (AvgIpc) is 3.21. The molecule has 1 aliphatic rings. The molecule has 0 atom stereocenters. The van der Waals surface area contributed by atoms with Gasteiger partial charge in [0.2, 0.25) is 5.91 Å². The molecule has 0 saturated carbocycles. The Hall–Kier alpha value is -1.95. The van der Waals surface area contributed by atoms with Crippen molar-refractivity contribution in [2.75, 3.05) is 26.8 Å². The number of amides is 1. The molecule has 1 saturated heterocycles. The van der Waals surface area contributed by atoms with Gasteiger partial charge in [0.05, 0.1) is 6.61 Å². The largest absolute Gasteiger partial charge is 0.383 e. The van der Waals surface area contributed by atoms with Crippen molar-refractivity contribution in [3.8, 4) is 0 Å². The van der Waals surface area contributed by atoms with Gasteiger partial charge < -0.3 is 14.2 Å². The molecule has 0 spiro atoms. The van der Waals surface area contributed by atoms with Gasteiger partial charge in [-0.1, -0.05) is 0 Å². The second-order valence-corrected chi connectivity index (χ2v) is 5.96. The van der Waals surface area contributed by atoms with E-state index in [-0.39, 0.29) is 5.91 Å². The predicted octanol–water partition coefficient (Wildman–Crippen LogP) is 2.02. The Balaban J connectivity index is 1.65. The number of carbonyl (C=O) groups is 1. The summed E-state index contributed by atoms with van der Waals surface area (Å²) in [5.41, 5.74) is 1.80. The van der Waals surface area contributed by atoms with Gasteiger partial charge in [0.15, 0.2) is 5.65 Å². The molecule has 1 aliphatic heterocycles. The third kappa shape index (κ3) is 3.69. The smallest absolute Gasteiger partial charge is 0.222 e. The number of imidazole rings is 1. The first-order valence-corrected chi connectivity index (χ1v) is 8.36. The van der Waals surface area contributed by atoms with E-state index in [9.17, 15) is 4.79 Å². The molecule has 23 heavy (non-hydrogen) atoms. The van der Waals surface area contributed by atoms with Crippen LogP contribution in [0.1, 0.15) is 31.5 Å². The summed E-state index contributed by atoms with van der Waals surface area (Å²) >= 11 is 0. The normalized spacial score (nSPS) is 14.7. The molecule has 6 nitrogen and oxygen atoms in total. The topological polar surface area (TPSA) is 60.2 Å². The van der Waals surface area contributed by atoms with Crippen LogP contribution in [0.5, 0.6) is 0 Å². The van der Waals surface area contributed by atoms with Crippen LogP contribution in [0.25, 0.3) is 11.2 Å².